The minimum atomic E-state index is -0.991. The van der Waals surface area contributed by atoms with Crippen LogP contribution in [0.4, 0.5) is 0 Å². The van der Waals surface area contributed by atoms with Crippen LogP contribution < -0.4 is 0 Å². The molecule has 1 N–H and O–H groups in total. The summed E-state index contributed by atoms with van der Waals surface area (Å²) in [5, 5.41) is 8.42. The summed E-state index contributed by atoms with van der Waals surface area (Å²) in [7, 11) is 0. The van der Waals surface area contributed by atoms with Gasteiger partial charge >= 0.3 is 11.9 Å². The molecule has 0 unspecified atom stereocenters. The molecule has 4 nitrogen and oxygen atoms in total. The molecule has 0 atom stereocenters. The smallest absolute Gasteiger partial charge is 0.328 e. The minimum absolute atomic E-state index is 0.334. The molecule has 0 aliphatic carbocycles. The number of carbonyl (C=O) groups is 2. The minimum Gasteiger partial charge on any atom is -0.478 e. The van der Waals surface area contributed by atoms with E-state index in [1.54, 1.807) is 18.2 Å². The molecule has 0 fully saturated rings. The molecular weight excluding hydrogens is 256 g/mol. The van der Waals surface area contributed by atoms with Crippen LogP contribution in [-0.4, -0.2) is 17.0 Å². The van der Waals surface area contributed by atoms with E-state index >= 15 is 0 Å². The highest BCUT2D eigenvalue weighted by Gasteiger charge is 2.01. The summed E-state index contributed by atoms with van der Waals surface area (Å²) in [4.78, 5) is 21.3. The number of rotatable bonds is 10. The number of aliphatic carboxylic acids is 1. The summed E-state index contributed by atoms with van der Waals surface area (Å²) in [6.07, 6.45) is 13.9. The van der Waals surface area contributed by atoms with Crippen molar-refractivity contribution in [3.8, 4) is 0 Å². The Labute approximate surface area is 120 Å². The first-order valence-corrected chi connectivity index (χ1v) is 7.01. The van der Waals surface area contributed by atoms with E-state index in [4.69, 9.17) is 9.84 Å². The molecule has 0 aromatic heterocycles. The first kappa shape index (κ1) is 18.2. The number of ether oxygens (including phenoxy) is 1. The molecule has 0 rings (SSSR count). The van der Waals surface area contributed by atoms with Gasteiger partial charge in [0.2, 0.25) is 0 Å². The monoisotopic (exact) mass is 280 g/mol. The fraction of sp³-hybridized carbons (Fsp3) is 0.500. The molecule has 4 heteroatoms. The molecule has 0 heterocycles. The van der Waals surface area contributed by atoms with Gasteiger partial charge in [0.1, 0.15) is 5.76 Å². The van der Waals surface area contributed by atoms with Gasteiger partial charge in [-0.15, -0.1) is 0 Å². The summed E-state index contributed by atoms with van der Waals surface area (Å²) < 4.78 is 5.12. The standard InChI is InChI=1S/C16H24O4/c1-3-4-5-6-8-11-15(20-14(2)17)12-9-7-10-13-16(18)19/h7,9-10,12-13H,3-6,8,11H2,1-2H3,(H,18,19)/b9-7+,13-10+,15-12-. The number of carboxylic acid groups (broad SMARTS) is 1. The Morgan fingerprint density at radius 3 is 2.35 bits per heavy atom. The van der Waals surface area contributed by atoms with Gasteiger partial charge in [0.15, 0.2) is 0 Å². The molecule has 0 saturated heterocycles. The maximum absolute atomic E-state index is 11.0. The van der Waals surface area contributed by atoms with Crippen molar-refractivity contribution in [2.24, 2.45) is 0 Å². The zero-order chi connectivity index (χ0) is 15.2. The van der Waals surface area contributed by atoms with E-state index in [0.29, 0.717) is 5.76 Å². The van der Waals surface area contributed by atoms with Crippen LogP contribution in [-0.2, 0) is 14.3 Å². The van der Waals surface area contributed by atoms with E-state index in [0.717, 1.165) is 25.3 Å². The molecule has 0 spiro atoms. The van der Waals surface area contributed by atoms with E-state index in [1.165, 1.54) is 32.3 Å². The predicted molar refractivity (Wildman–Crippen MR) is 79.1 cm³/mol. The number of hydrogen-bond acceptors (Lipinski definition) is 3. The zero-order valence-electron chi connectivity index (χ0n) is 12.3. The molecule has 0 aliphatic rings. The van der Waals surface area contributed by atoms with Crippen molar-refractivity contribution in [3.05, 3.63) is 36.1 Å². The van der Waals surface area contributed by atoms with Gasteiger partial charge in [-0.25, -0.2) is 4.79 Å². The largest absolute Gasteiger partial charge is 0.478 e. The Kier molecular flexibility index (Phi) is 11.1. The quantitative estimate of drug-likeness (QED) is 0.216. The van der Waals surface area contributed by atoms with Crippen LogP contribution in [0.5, 0.6) is 0 Å². The highest BCUT2D eigenvalue weighted by molar-refractivity contribution is 5.80. The second-order valence-corrected chi connectivity index (χ2v) is 4.47. The second kappa shape index (κ2) is 12.2. The lowest BCUT2D eigenvalue weighted by Crippen LogP contribution is -1.99. The van der Waals surface area contributed by atoms with Crippen LogP contribution in [0.15, 0.2) is 36.1 Å². The predicted octanol–water partition coefficient (Wildman–Crippen LogP) is 3.99. The van der Waals surface area contributed by atoms with Gasteiger partial charge in [0, 0.05) is 19.4 Å². The maximum atomic E-state index is 11.0. The van der Waals surface area contributed by atoms with Crippen LogP contribution in [0.3, 0.4) is 0 Å². The van der Waals surface area contributed by atoms with Crippen molar-refractivity contribution in [1.82, 2.24) is 0 Å². The van der Waals surface area contributed by atoms with E-state index in [9.17, 15) is 9.59 Å². The van der Waals surface area contributed by atoms with Crippen molar-refractivity contribution >= 4 is 11.9 Å². The first-order chi connectivity index (χ1) is 9.56. The molecule has 0 amide bonds. The van der Waals surface area contributed by atoms with Gasteiger partial charge in [-0.3, -0.25) is 4.79 Å². The van der Waals surface area contributed by atoms with Crippen LogP contribution in [0.1, 0.15) is 52.4 Å². The summed E-state index contributed by atoms with van der Waals surface area (Å²) in [6.45, 7) is 3.54. The van der Waals surface area contributed by atoms with Crippen molar-refractivity contribution in [2.75, 3.05) is 0 Å². The molecule has 0 aromatic rings. The van der Waals surface area contributed by atoms with E-state index in [1.807, 2.05) is 0 Å². The van der Waals surface area contributed by atoms with Crippen LogP contribution in [0.2, 0.25) is 0 Å². The fourth-order valence-electron chi connectivity index (χ4n) is 1.62. The number of unbranched alkanes of at least 4 members (excludes halogenated alkanes) is 4. The van der Waals surface area contributed by atoms with Gasteiger partial charge in [0.05, 0.1) is 0 Å². The number of carboxylic acids is 1. The zero-order valence-corrected chi connectivity index (χ0v) is 12.3. The number of esters is 1. The van der Waals surface area contributed by atoms with Gasteiger partial charge < -0.3 is 9.84 Å². The van der Waals surface area contributed by atoms with Crippen molar-refractivity contribution in [3.63, 3.8) is 0 Å². The van der Waals surface area contributed by atoms with Crippen LogP contribution in [0, 0.1) is 0 Å². The summed E-state index contributed by atoms with van der Waals surface area (Å²) >= 11 is 0. The highest BCUT2D eigenvalue weighted by Crippen LogP contribution is 2.12. The average molecular weight is 280 g/mol. The Bertz CT molecular complexity index is 378. The van der Waals surface area contributed by atoms with Gasteiger partial charge in [-0.1, -0.05) is 50.8 Å². The lowest BCUT2D eigenvalue weighted by atomic mass is 10.1. The van der Waals surface area contributed by atoms with E-state index in [-0.39, 0.29) is 5.97 Å². The maximum Gasteiger partial charge on any atom is 0.328 e. The third kappa shape index (κ3) is 12.6. The van der Waals surface area contributed by atoms with Crippen LogP contribution >= 0.6 is 0 Å². The third-order valence-electron chi connectivity index (χ3n) is 2.54. The molecule has 112 valence electrons. The van der Waals surface area contributed by atoms with Gasteiger partial charge in [0.25, 0.3) is 0 Å². The van der Waals surface area contributed by atoms with Crippen molar-refractivity contribution < 1.29 is 19.4 Å². The summed E-state index contributed by atoms with van der Waals surface area (Å²) in [5.41, 5.74) is 0. The van der Waals surface area contributed by atoms with E-state index in [2.05, 4.69) is 6.92 Å². The van der Waals surface area contributed by atoms with Gasteiger partial charge in [-0.05, 0) is 12.5 Å². The molecular formula is C16H24O4. The number of allylic oxidation sites excluding steroid dienone is 5. The third-order valence-corrected chi connectivity index (χ3v) is 2.54. The fourth-order valence-corrected chi connectivity index (χ4v) is 1.62. The molecule has 0 saturated carbocycles. The van der Waals surface area contributed by atoms with Crippen LogP contribution in [0.25, 0.3) is 0 Å². The SMILES string of the molecule is CCCCCCC/C(=C/C=C/C=C/C(=O)O)OC(C)=O. The Morgan fingerprint density at radius 1 is 1.05 bits per heavy atom. The number of carbonyl (C=O) groups excluding carboxylic acids is 1. The Hall–Kier alpha value is -1.84. The lowest BCUT2D eigenvalue weighted by molar-refractivity contribution is -0.137. The van der Waals surface area contributed by atoms with Crippen molar-refractivity contribution in [1.29, 1.82) is 0 Å². The average Bonchev–Trinajstić information content (AvgIpc) is 2.36. The Balaban J connectivity index is 4.25. The first-order valence-electron chi connectivity index (χ1n) is 7.01. The van der Waals surface area contributed by atoms with Gasteiger partial charge in [-0.2, -0.15) is 0 Å². The molecule has 0 bridgehead atoms. The number of hydrogen-bond donors (Lipinski definition) is 1. The summed E-state index contributed by atoms with van der Waals surface area (Å²) in [6, 6.07) is 0. The topological polar surface area (TPSA) is 63.6 Å². The molecule has 0 radical (unpaired) electrons. The second-order valence-electron chi connectivity index (χ2n) is 4.47. The Morgan fingerprint density at radius 2 is 1.75 bits per heavy atom. The molecule has 0 aromatic carbocycles. The normalized spacial score (nSPS) is 12.2. The molecule has 0 aliphatic heterocycles. The highest BCUT2D eigenvalue weighted by atomic mass is 16.5. The van der Waals surface area contributed by atoms with Crippen molar-refractivity contribution in [2.45, 2.75) is 52.4 Å². The molecule has 20 heavy (non-hydrogen) atoms. The van der Waals surface area contributed by atoms with E-state index < -0.39 is 5.97 Å². The summed E-state index contributed by atoms with van der Waals surface area (Å²) in [5.74, 6) is -0.706. The lowest BCUT2D eigenvalue weighted by Gasteiger charge is -2.06.